The summed E-state index contributed by atoms with van der Waals surface area (Å²) >= 11 is 0. The first kappa shape index (κ1) is 14.4. The number of halogens is 1. The first-order chi connectivity index (χ1) is 11.0. The molecule has 0 atom stereocenters. The third-order valence-corrected chi connectivity index (χ3v) is 3.29. The molecule has 2 aromatic rings. The number of hydrogen-bond donors (Lipinski definition) is 0. The van der Waals surface area contributed by atoms with Crippen LogP contribution in [0.4, 0.5) is 10.1 Å². The Morgan fingerprint density at radius 3 is 2.57 bits per heavy atom. The van der Waals surface area contributed by atoms with Gasteiger partial charge in [0.1, 0.15) is 17.1 Å². The second kappa shape index (κ2) is 5.35. The van der Waals surface area contributed by atoms with Crippen molar-refractivity contribution in [2.45, 2.75) is 0 Å². The first-order valence-electron chi connectivity index (χ1n) is 6.42. The summed E-state index contributed by atoms with van der Waals surface area (Å²) in [6, 6.07) is 9.94. The molecule has 23 heavy (non-hydrogen) atoms. The van der Waals surface area contributed by atoms with Crippen LogP contribution in [0.5, 0.6) is 0 Å². The standard InChI is InChI=1S/C16H7FN2O4/c17-11-6-12-15(13(7-11)19(21)22)14(23-16(12)20)5-9-1-3-10(8-18)4-2-9/h1-7H. The highest BCUT2D eigenvalue weighted by Crippen LogP contribution is 2.38. The van der Waals surface area contributed by atoms with Gasteiger partial charge in [0, 0.05) is 0 Å². The Bertz CT molecular complexity index is 911. The molecule has 1 aliphatic heterocycles. The minimum absolute atomic E-state index is 0.0265. The van der Waals surface area contributed by atoms with Crippen LogP contribution in [-0.4, -0.2) is 10.9 Å². The zero-order chi connectivity index (χ0) is 16.6. The Kier molecular flexibility index (Phi) is 3.35. The van der Waals surface area contributed by atoms with Gasteiger partial charge in [-0.1, -0.05) is 12.1 Å². The lowest BCUT2D eigenvalue weighted by atomic mass is 10.0. The van der Waals surface area contributed by atoms with Gasteiger partial charge in [-0.05, 0) is 29.8 Å². The monoisotopic (exact) mass is 310 g/mol. The molecule has 0 aliphatic carbocycles. The summed E-state index contributed by atoms with van der Waals surface area (Å²) in [6.07, 6.45) is 1.43. The molecule has 0 radical (unpaired) electrons. The molecule has 2 aromatic carbocycles. The van der Waals surface area contributed by atoms with Crippen LogP contribution < -0.4 is 0 Å². The minimum Gasteiger partial charge on any atom is -0.422 e. The van der Waals surface area contributed by atoms with E-state index in [2.05, 4.69) is 0 Å². The van der Waals surface area contributed by atoms with Crippen molar-refractivity contribution in [3.05, 3.63) is 74.6 Å². The van der Waals surface area contributed by atoms with E-state index in [0.29, 0.717) is 11.1 Å². The van der Waals surface area contributed by atoms with Crippen LogP contribution in [0.15, 0.2) is 36.4 Å². The molecule has 0 N–H and O–H groups in total. The number of cyclic esters (lactones) is 1. The molecule has 3 rings (SSSR count). The maximum absolute atomic E-state index is 13.4. The normalized spacial score (nSPS) is 14.3. The molecule has 0 bridgehead atoms. The van der Waals surface area contributed by atoms with E-state index in [4.69, 9.17) is 10.00 Å². The molecule has 0 amide bonds. The van der Waals surface area contributed by atoms with Crippen LogP contribution in [0.3, 0.4) is 0 Å². The quantitative estimate of drug-likeness (QED) is 0.482. The number of carbonyl (C=O) groups is 1. The van der Waals surface area contributed by atoms with Gasteiger partial charge in [-0.3, -0.25) is 10.1 Å². The largest absolute Gasteiger partial charge is 0.422 e. The molecular weight excluding hydrogens is 303 g/mol. The molecule has 0 fully saturated rings. The van der Waals surface area contributed by atoms with Crippen LogP contribution in [-0.2, 0) is 4.74 Å². The average Bonchev–Trinajstić information content (AvgIpc) is 2.83. The Morgan fingerprint density at radius 2 is 1.96 bits per heavy atom. The third kappa shape index (κ3) is 2.53. The molecule has 112 valence electrons. The number of ether oxygens (including phenoxy) is 1. The number of nitro benzene ring substituents is 1. The Balaban J connectivity index is 2.15. The third-order valence-electron chi connectivity index (χ3n) is 3.29. The smallest absolute Gasteiger partial charge is 0.344 e. The number of benzene rings is 2. The second-order valence-electron chi connectivity index (χ2n) is 4.74. The summed E-state index contributed by atoms with van der Waals surface area (Å²) in [5.41, 5.74) is 0.260. The molecule has 6 nitrogen and oxygen atoms in total. The maximum atomic E-state index is 13.4. The summed E-state index contributed by atoms with van der Waals surface area (Å²) < 4.78 is 18.5. The van der Waals surface area contributed by atoms with Crippen molar-refractivity contribution in [3.8, 4) is 6.07 Å². The van der Waals surface area contributed by atoms with Gasteiger partial charge in [0.2, 0.25) is 0 Å². The van der Waals surface area contributed by atoms with Crippen molar-refractivity contribution in [1.82, 2.24) is 0 Å². The van der Waals surface area contributed by atoms with Gasteiger partial charge >= 0.3 is 5.97 Å². The highest BCUT2D eigenvalue weighted by Gasteiger charge is 2.35. The van der Waals surface area contributed by atoms with Crippen LogP contribution >= 0.6 is 0 Å². The zero-order valence-corrected chi connectivity index (χ0v) is 11.4. The van der Waals surface area contributed by atoms with E-state index in [0.717, 1.165) is 12.1 Å². The van der Waals surface area contributed by atoms with Crippen molar-refractivity contribution in [2.24, 2.45) is 0 Å². The van der Waals surface area contributed by atoms with Crippen LogP contribution in [0.25, 0.3) is 11.8 Å². The fourth-order valence-electron chi connectivity index (χ4n) is 2.27. The Hall–Kier alpha value is -3.53. The number of nitro groups is 1. The van der Waals surface area contributed by atoms with E-state index in [1.54, 1.807) is 24.3 Å². The fourth-order valence-corrected chi connectivity index (χ4v) is 2.27. The van der Waals surface area contributed by atoms with Gasteiger partial charge < -0.3 is 4.74 Å². The van der Waals surface area contributed by atoms with Crippen molar-refractivity contribution in [1.29, 1.82) is 5.26 Å². The van der Waals surface area contributed by atoms with Gasteiger partial charge in [-0.15, -0.1) is 0 Å². The summed E-state index contributed by atoms with van der Waals surface area (Å²) in [6.45, 7) is 0. The summed E-state index contributed by atoms with van der Waals surface area (Å²) in [5.74, 6) is -1.75. The number of nitrogens with zero attached hydrogens (tertiary/aromatic N) is 2. The van der Waals surface area contributed by atoms with E-state index in [1.165, 1.54) is 6.08 Å². The molecule has 1 aliphatic rings. The van der Waals surface area contributed by atoms with Crippen molar-refractivity contribution >= 4 is 23.5 Å². The van der Waals surface area contributed by atoms with E-state index in [1.807, 2.05) is 6.07 Å². The molecule has 0 unspecified atom stereocenters. The lowest BCUT2D eigenvalue weighted by Crippen LogP contribution is -1.98. The van der Waals surface area contributed by atoms with Gasteiger partial charge in [0.25, 0.3) is 5.69 Å². The molecule has 0 saturated heterocycles. The number of hydrogen-bond acceptors (Lipinski definition) is 5. The van der Waals surface area contributed by atoms with Gasteiger partial charge in [-0.2, -0.15) is 5.26 Å². The van der Waals surface area contributed by atoms with Crippen molar-refractivity contribution < 1.29 is 18.8 Å². The van der Waals surface area contributed by atoms with Crippen molar-refractivity contribution in [2.75, 3.05) is 0 Å². The summed E-state index contributed by atoms with van der Waals surface area (Å²) in [7, 11) is 0. The number of rotatable bonds is 2. The maximum Gasteiger partial charge on any atom is 0.344 e. The molecule has 1 heterocycles. The number of fused-ring (bicyclic) bond motifs is 1. The Labute approximate surface area is 129 Å². The predicted octanol–water partition coefficient (Wildman–Crippen LogP) is 3.27. The van der Waals surface area contributed by atoms with Gasteiger partial charge in [0.15, 0.2) is 0 Å². The van der Waals surface area contributed by atoms with Gasteiger partial charge in [0.05, 0.1) is 28.2 Å². The second-order valence-corrected chi connectivity index (χ2v) is 4.74. The molecule has 0 saturated carbocycles. The topological polar surface area (TPSA) is 93.2 Å². The average molecular weight is 310 g/mol. The van der Waals surface area contributed by atoms with E-state index in [-0.39, 0.29) is 16.9 Å². The summed E-state index contributed by atoms with van der Waals surface area (Å²) in [5, 5.41) is 19.9. The number of carbonyl (C=O) groups excluding carboxylic acids is 1. The minimum atomic E-state index is -0.882. The van der Waals surface area contributed by atoms with Crippen LogP contribution in [0.2, 0.25) is 0 Å². The summed E-state index contributed by atoms with van der Waals surface area (Å²) in [4.78, 5) is 22.1. The number of nitriles is 1. The fraction of sp³-hybridized carbons (Fsp3) is 0. The lowest BCUT2D eigenvalue weighted by Gasteiger charge is -2.01. The predicted molar refractivity (Wildman–Crippen MR) is 77.5 cm³/mol. The SMILES string of the molecule is N#Cc1ccc(C=C2OC(=O)c3cc(F)cc([N+](=O)[O-])c32)cc1. The van der Waals surface area contributed by atoms with Gasteiger partial charge in [-0.25, -0.2) is 9.18 Å². The molecule has 0 aromatic heterocycles. The Morgan fingerprint density at radius 1 is 1.26 bits per heavy atom. The highest BCUT2D eigenvalue weighted by molar-refractivity contribution is 6.07. The first-order valence-corrected chi connectivity index (χ1v) is 6.42. The number of esters is 1. The highest BCUT2D eigenvalue weighted by atomic mass is 19.1. The molecule has 7 heteroatoms. The van der Waals surface area contributed by atoms with Crippen molar-refractivity contribution in [3.63, 3.8) is 0 Å². The zero-order valence-electron chi connectivity index (χ0n) is 11.4. The van der Waals surface area contributed by atoms with Crippen LogP contribution in [0.1, 0.15) is 27.0 Å². The van der Waals surface area contributed by atoms with E-state index >= 15 is 0 Å². The molecule has 0 spiro atoms. The van der Waals surface area contributed by atoms with E-state index in [9.17, 15) is 19.3 Å². The molecular formula is C16H7FN2O4. The van der Waals surface area contributed by atoms with E-state index < -0.39 is 22.4 Å². The van der Waals surface area contributed by atoms with Crippen LogP contribution in [0, 0.1) is 27.3 Å². The lowest BCUT2D eigenvalue weighted by molar-refractivity contribution is -0.385.